The number of nitrogens with zero attached hydrogens (tertiary/aromatic N) is 1. The van der Waals surface area contributed by atoms with Crippen molar-refractivity contribution < 1.29 is 14.4 Å². The van der Waals surface area contributed by atoms with E-state index in [4.69, 9.17) is 11.6 Å². The van der Waals surface area contributed by atoms with Gasteiger partial charge >= 0.3 is 6.03 Å². The van der Waals surface area contributed by atoms with Crippen LogP contribution in [0.3, 0.4) is 0 Å². The Labute approximate surface area is 184 Å². The number of carbonyl (C=O) groups excluding carboxylic acids is 3. The molecule has 0 unspecified atom stereocenters. The van der Waals surface area contributed by atoms with Gasteiger partial charge in [0.1, 0.15) is 12.6 Å². The summed E-state index contributed by atoms with van der Waals surface area (Å²) in [6, 6.07) is 13.1. The van der Waals surface area contributed by atoms with E-state index in [9.17, 15) is 14.4 Å². The summed E-state index contributed by atoms with van der Waals surface area (Å²) in [4.78, 5) is 39.0. The summed E-state index contributed by atoms with van der Waals surface area (Å²) in [7, 11) is 0. The number of carbonyl (C=O) groups is 3. The minimum absolute atomic E-state index is 0.107. The fourth-order valence-corrected chi connectivity index (χ4v) is 3.66. The maximum atomic E-state index is 12.9. The predicted molar refractivity (Wildman–Crippen MR) is 121 cm³/mol. The zero-order valence-electron chi connectivity index (χ0n) is 16.5. The molecule has 0 saturated heterocycles. The van der Waals surface area contributed by atoms with Crippen LogP contribution in [0.1, 0.15) is 12.0 Å². The maximum absolute atomic E-state index is 12.9. The van der Waals surface area contributed by atoms with Gasteiger partial charge in [0.25, 0.3) is 0 Å². The summed E-state index contributed by atoms with van der Waals surface area (Å²) in [5, 5.41) is 9.02. The Kier molecular flexibility index (Phi) is 7.59. The monoisotopic (exact) mass is 446 g/mol. The quantitative estimate of drug-likeness (QED) is 0.609. The first kappa shape index (κ1) is 22.0. The van der Waals surface area contributed by atoms with Gasteiger partial charge in [0.2, 0.25) is 11.8 Å². The van der Waals surface area contributed by atoms with Crippen LogP contribution < -0.4 is 20.9 Å². The molecule has 1 heterocycles. The molecule has 2 aromatic rings. The average Bonchev–Trinajstić information content (AvgIpc) is 2.75. The van der Waals surface area contributed by atoms with Gasteiger partial charge in [-0.25, -0.2) is 4.79 Å². The molecular weight excluding hydrogens is 424 g/mol. The van der Waals surface area contributed by atoms with Crippen molar-refractivity contribution in [3.63, 3.8) is 0 Å². The van der Waals surface area contributed by atoms with Gasteiger partial charge in [-0.15, -0.1) is 0 Å². The van der Waals surface area contributed by atoms with E-state index in [2.05, 4.69) is 16.0 Å². The van der Waals surface area contributed by atoms with Crippen molar-refractivity contribution in [1.82, 2.24) is 10.6 Å². The van der Waals surface area contributed by atoms with Crippen molar-refractivity contribution in [3.05, 3.63) is 59.1 Å². The molecule has 0 aromatic heterocycles. The first-order chi connectivity index (χ1) is 14.5. The van der Waals surface area contributed by atoms with Crippen LogP contribution in [0.25, 0.3) is 0 Å². The van der Waals surface area contributed by atoms with Gasteiger partial charge in [-0.05, 0) is 48.3 Å². The van der Waals surface area contributed by atoms with Gasteiger partial charge in [0.05, 0.1) is 11.4 Å². The number of nitrogens with one attached hydrogen (secondary N) is 3. The molecule has 0 saturated carbocycles. The van der Waals surface area contributed by atoms with Gasteiger partial charge in [-0.3, -0.25) is 14.5 Å². The highest BCUT2D eigenvalue weighted by Crippen LogP contribution is 2.28. The minimum atomic E-state index is -0.714. The van der Waals surface area contributed by atoms with E-state index in [1.807, 2.05) is 18.4 Å². The lowest BCUT2D eigenvalue weighted by molar-refractivity contribution is -0.123. The van der Waals surface area contributed by atoms with Gasteiger partial charge in [-0.2, -0.15) is 11.8 Å². The Morgan fingerprint density at radius 1 is 1.20 bits per heavy atom. The van der Waals surface area contributed by atoms with Gasteiger partial charge < -0.3 is 16.0 Å². The topological polar surface area (TPSA) is 90.5 Å². The molecule has 0 bridgehead atoms. The lowest BCUT2D eigenvalue weighted by atomic mass is 10.1. The number of anilines is 2. The van der Waals surface area contributed by atoms with E-state index in [0.717, 1.165) is 5.56 Å². The smallest absolute Gasteiger partial charge is 0.323 e. The second-order valence-corrected chi connectivity index (χ2v) is 8.20. The van der Waals surface area contributed by atoms with Crippen LogP contribution in [0.5, 0.6) is 0 Å². The fraction of sp³-hybridized carbons (Fsp3) is 0.286. The van der Waals surface area contributed by atoms with Crippen LogP contribution in [0.2, 0.25) is 5.02 Å². The van der Waals surface area contributed by atoms with E-state index in [-0.39, 0.29) is 18.4 Å². The Hall–Kier alpha value is -2.71. The second-order valence-electron chi connectivity index (χ2n) is 6.78. The molecule has 0 spiro atoms. The van der Waals surface area contributed by atoms with Crippen LogP contribution in [-0.4, -0.2) is 42.4 Å². The molecule has 158 valence electrons. The van der Waals surface area contributed by atoms with Crippen LogP contribution in [0.4, 0.5) is 16.2 Å². The molecule has 7 nitrogen and oxygen atoms in total. The van der Waals surface area contributed by atoms with E-state index in [1.165, 1.54) is 4.90 Å². The van der Waals surface area contributed by atoms with Crippen molar-refractivity contribution in [1.29, 1.82) is 0 Å². The Balaban J connectivity index is 1.67. The molecule has 0 aliphatic carbocycles. The molecule has 1 atom stereocenters. The number of amides is 4. The lowest BCUT2D eigenvalue weighted by Gasteiger charge is -2.30. The Morgan fingerprint density at radius 2 is 1.93 bits per heavy atom. The molecule has 2 aromatic carbocycles. The van der Waals surface area contributed by atoms with E-state index < -0.39 is 12.1 Å². The van der Waals surface area contributed by atoms with Crippen molar-refractivity contribution in [2.45, 2.75) is 19.0 Å². The lowest BCUT2D eigenvalue weighted by Crippen LogP contribution is -2.54. The fourth-order valence-electron chi connectivity index (χ4n) is 3.06. The molecule has 1 aliphatic rings. The van der Waals surface area contributed by atoms with Gasteiger partial charge in [0.15, 0.2) is 0 Å². The van der Waals surface area contributed by atoms with Crippen molar-refractivity contribution in [2.24, 2.45) is 0 Å². The third kappa shape index (κ3) is 5.67. The number of halogens is 1. The largest absolute Gasteiger partial charge is 0.350 e. The zero-order chi connectivity index (χ0) is 21.5. The highest BCUT2D eigenvalue weighted by atomic mass is 35.5. The highest BCUT2D eigenvalue weighted by Gasteiger charge is 2.29. The normalized spacial score (nSPS) is 13.8. The number of benzene rings is 2. The summed E-state index contributed by atoms with van der Waals surface area (Å²) >= 11 is 7.48. The number of fused-ring (bicyclic) bond motifs is 1. The Morgan fingerprint density at radius 3 is 2.67 bits per heavy atom. The summed E-state index contributed by atoms with van der Waals surface area (Å²) in [5.41, 5.74) is 2.07. The molecule has 9 heteroatoms. The number of para-hydroxylation sites is 2. The summed E-state index contributed by atoms with van der Waals surface area (Å²) in [6.45, 7) is 0.223. The molecule has 3 N–H and O–H groups in total. The zero-order valence-corrected chi connectivity index (χ0v) is 18.1. The van der Waals surface area contributed by atoms with Crippen LogP contribution in [-0.2, 0) is 16.1 Å². The molecule has 0 fully saturated rings. The summed E-state index contributed by atoms with van der Waals surface area (Å²) in [6.07, 6.45) is 2.41. The number of hydrogen-bond donors (Lipinski definition) is 3. The van der Waals surface area contributed by atoms with E-state index in [1.54, 1.807) is 48.2 Å². The number of urea groups is 1. The molecule has 3 rings (SSSR count). The first-order valence-electron chi connectivity index (χ1n) is 9.46. The standard InChI is InChI=1S/C21H23ClN4O3S/c1-30-11-10-17(20(28)23-12-14-6-8-15(22)9-7-14)25-21(29)26-13-19(27)24-16-4-2-3-5-18(16)26/h2-9,17H,10-13H2,1H3,(H,23,28)(H,24,27)(H,25,29)/t17-/m0/s1. The number of thioether (sulfide) groups is 1. The molecule has 1 aliphatic heterocycles. The van der Waals surface area contributed by atoms with Crippen molar-refractivity contribution in [3.8, 4) is 0 Å². The van der Waals surface area contributed by atoms with Gasteiger partial charge in [0, 0.05) is 11.6 Å². The SMILES string of the molecule is CSCC[C@H](NC(=O)N1CC(=O)Nc2ccccc21)C(=O)NCc1ccc(Cl)cc1. The summed E-state index contributed by atoms with van der Waals surface area (Å²) in [5.74, 6) is 0.148. The van der Waals surface area contributed by atoms with Crippen LogP contribution >= 0.6 is 23.4 Å². The molecule has 4 amide bonds. The molecular formula is C21H23ClN4O3S. The Bertz CT molecular complexity index is 923. The predicted octanol–water partition coefficient (Wildman–Crippen LogP) is 3.25. The first-order valence-corrected chi connectivity index (χ1v) is 11.2. The molecule has 30 heavy (non-hydrogen) atoms. The minimum Gasteiger partial charge on any atom is -0.350 e. The third-order valence-electron chi connectivity index (χ3n) is 4.62. The van der Waals surface area contributed by atoms with E-state index >= 15 is 0 Å². The van der Waals surface area contributed by atoms with Crippen molar-refractivity contribution in [2.75, 3.05) is 28.8 Å². The van der Waals surface area contributed by atoms with E-state index in [0.29, 0.717) is 35.1 Å². The number of hydrogen-bond acceptors (Lipinski definition) is 4. The second kappa shape index (κ2) is 10.4. The van der Waals surface area contributed by atoms with Crippen molar-refractivity contribution >= 4 is 52.6 Å². The third-order valence-corrected chi connectivity index (χ3v) is 5.52. The number of rotatable bonds is 7. The average molecular weight is 447 g/mol. The highest BCUT2D eigenvalue weighted by molar-refractivity contribution is 7.98. The summed E-state index contributed by atoms with van der Waals surface area (Å²) < 4.78 is 0. The maximum Gasteiger partial charge on any atom is 0.323 e. The van der Waals surface area contributed by atoms with Crippen LogP contribution in [0.15, 0.2) is 48.5 Å². The van der Waals surface area contributed by atoms with Crippen LogP contribution in [0, 0.1) is 0 Å². The van der Waals surface area contributed by atoms with Gasteiger partial charge in [-0.1, -0.05) is 35.9 Å². The molecule has 0 radical (unpaired) electrons.